The van der Waals surface area contributed by atoms with E-state index in [4.69, 9.17) is 9.47 Å². The minimum absolute atomic E-state index is 0.153. The van der Waals surface area contributed by atoms with Gasteiger partial charge in [-0.05, 0) is 12.1 Å². The molecule has 2 aromatic rings. The number of H-pyrrole nitrogens is 1. The van der Waals surface area contributed by atoms with Gasteiger partial charge in [0.25, 0.3) is 0 Å². The molecule has 2 aliphatic rings. The highest BCUT2D eigenvalue weighted by atomic mass is 32.2. The molecule has 9 nitrogen and oxygen atoms in total. The van der Waals surface area contributed by atoms with E-state index in [2.05, 4.69) is 10.2 Å². The average Bonchev–Trinajstić information content (AvgIpc) is 2.82. The lowest BCUT2D eigenvalue weighted by atomic mass is 10.3. The minimum atomic E-state index is -3.68. The fraction of sp³-hybridized carbons (Fsp3) is 0.429. The van der Waals surface area contributed by atoms with Crippen LogP contribution in [0.4, 0.5) is 0 Å². The van der Waals surface area contributed by atoms with Crippen LogP contribution in [-0.2, 0) is 23.0 Å². The molecular formula is C14H16N4O5S. The maximum atomic E-state index is 12.9. The van der Waals surface area contributed by atoms with Crippen molar-refractivity contribution in [1.29, 1.82) is 0 Å². The van der Waals surface area contributed by atoms with Crippen molar-refractivity contribution in [2.45, 2.75) is 17.9 Å². The smallest absolute Gasteiger partial charge is 0.343 e. The Labute approximate surface area is 137 Å². The molecule has 2 aliphatic heterocycles. The number of nitrogens with one attached hydrogen (secondary N) is 1. The van der Waals surface area contributed by atoms with Gasteiger partial charge in [-0.2, -0.15) is 9.40 Å². The summed E-state index contributed by atoms with van der Waals surface area (Å²) >= 11 is 0. The lowest BCUT2D eigenvalue weighted by Gasteiger charge is -2.22. The minimum Gasteiger partial charge on any atom is -0.486 e. The molecule has 0 unspecified atom stereocenters. The van der Waals surface area contributed by atoms with Crippen molar-refractivity contribution in [3.8, 4) is 11.5 Å². The van der Waals surface area contributed by atoms with Gasteiger partial charge < -0.3 is 9.47 Å². The molecule has 0 fully saturated rings. The third kappa shape index (κ3) is 2.47. The summed E-state index contributed by atoms with van der Waals surface area (Å²) in [5.74, 6) is 1.55. The second-order valence-electron chi connectivity index (χ2n) is 5.56. The van der Waals surface area contributed by atoms with Crippen molar-refractivity contribution in [1.82, 2.24) is 19.1 Å². The summed E-state index contributed by atoms with van der Waals surface area (Å²) in [5, 5.41) is 6.32. The van der Waals surface area contributed by atoms with Gasteiger partial charge in [0.15, 0.2) is 11.5 Å². The fourth-order valence-corrected chi connectivity index (χ4v) is 4.34. The van der Waals surface area contributed by atoms with Crippen LogP contribution in [0.1, 0.15) is 5.82 Å². The zero-order valence-electron chi connectivity index (χ0n) is 12.8. The zero-order chi connectivity index (χ0) is 16.7. The molecule has 0 saturated heterocycles. The van der Waals surface area contributed by atoms with Gasteiger partial charge >= 0.3 is 5.69 Å². The molecule has 0 atom stereocenters. The van der Waals surface area contributed by atoms with Crippen LogP contribution >= 0.6 is 0 Å². The van der Waals surface area contributed by atoms with Crippen LogP contribution in [0.15, 0.2) is 27.9 Å². The molecule has 0 radical (unpaired) electrons. The quantitative estimate of drug-likeness (QED) is 0.787. The number of ether oxygens (including phenoxy) is 2. The Morgan fingerprint density at radius 2 is 1.88 bits per heavy atom. The van der Waals surface area contributed by atoms with Crippen molar-refractivity contribution in [2.24, 2.45) is 0 Å². The first-order valence-corrected chi connectivity index (χ1v) is 9.03. The van der Waals surface area contributed by atoms with Crippen LogP contribution < -0.4 is 15.2 Å². The average molecular weight is 352 g/mol. The Balaban J connectivity index is 1.62. The molecule has 10 heteroatoms. The van der Waals surface area contributed by atoms with Gasteiger partial charge in [0, 0.05) is 32.1 Å². The van der Waals surface area contributed by atoms with Gasteiger partial charge in [-0.15, -0.1) is 0 Å². The fourth-order valence-electron chi connectivity index (χ4n) is 2.89. The number of aromatic nitrogens is 3. The van der Waals surface area contributed by atoms with Crippen LogP contribution in [0.25, 0.3) is 0 Å². The number of nitrogens with zero attached hydrogens (tertiary/aromatic N) is 3. The Kier molecular flexibility index (Phi) is 3.57. The summed E-state index contributed by atoms with van der Waals surface area (Å²) in [6.07, 6.45) is 0.378. The van der Waals surface area contributed by atoms with Crippen LogP contribution in [0, 0.1) is 0 Å². The van der Waals surface area contributed by atoms with E-state index in [0.29, 0.717) is 37.0 Å². The summed E-state index contributed by atoms with van der Waals surface area (Å²) in [5.41, 5.74) is -0.316. The Morgan fingerprint density at radius 1 is 1.08 bits per heavy atom. The standard InChI is InChI=1S/C14H16N4O5S/c19-14-16-15-13-3-4-17(5-6-18(13)14)24(20,21)10-1-2-11-12(9-10)23-8-7-22-11/h1-2,9H,3-8H2,(H,16,19). The number of hydrogen-bond acceptors (Lipinski definition) is 6. The normalized spacial score (nSPS) is 18.0. The summed E-state index contributed by atoms with van der Waals surface area (Å²) in [6.45, 7) is 1.59. The molecule has 4 rings (SSSR count). The van der Waals surface area contributed by atoms with Gasteiger partial charge in [-0.25, -0.2) is 18.3 Å². The molecule has 24 heavy (non-hydrogen) atoms. The van der Waals surface area contributed by atoms with E-state index in [9.17, 15) is 13.2 Å². The van der Waals surface area contributed by atoms with Crippen LogP contribution in [0.2, 0.25) is 0 Å². The topological polar surface area (TPSA) is 107 Å². The lowest BCUT2D eigenvalue weighted by Crippen LogP contribution is -2.34. The van der Waals surface area contributed by atoms with Crippen molar-refractivity contribution in [3.63, 3.8) is 0 Å². The SMILES string of the molecule is O=c1[nH]nc2n1CCN(S(=O)(=O)c1ccc3c(c1)OCCO3)CC2. The van der Waals surface area contributed by atoms with Crippen molar-refractivity contribution in [2.75, 3.05) is 26.3 Å². The molecule has 128 valence electrons. The van der Waals surface area contributed by atoms with E-state index in [1.165, 1.54) is 21.0 Å². The second kappa shape index (κ2) is 5.64. The van der Waals surface area contributed by atoms with Gasteiger partial charge in [0.1, 0.15) is 19.0 Å². The first-order valence-electron chi connectivity index (χ1n) is 7.59. The molecular weight excluding hydrogens is 336 g/mol. The van der Waals surface area contributed by atoms with Gasteiger partial charge in [0.05, 0.1) is 4.90 Å². The van der Waals surface area contributed by atoms with Crippen molar-refractivity contribution >= 4 is 10.0 Å². The molecule has 0 bridgehead atoms. The van der Waals surface area contributed by atoms with E-state index in [-0.39, 0.29) is 30.2 Å². The lowest BCUT2D eigenvalue weighted by molar-refractivity contribution is 0.171. The van der Waals surface area contributed by atoms with Gasteiger partial charge in [-0.1, -0.05) is 0 Å². The molecule has 0 amide bonds. The molecule has 1 aromatic heterocycles. The predicted molar refractivity (Wildman–Crippen MR) is 82.7 cm³/mol. The third-order valence-corrected chi connectivity index (χ3v) is 6.04. The summed E-state index contributed by atoms with van der Waals surface area (Å²) in [7, 11) is -3.68. The van der Waals surface area contributed by atoms with Crippen LogP contribution in [0.3, 0.4) is 0 Å². The second-order valence-corrected chi connectivity index (χ2v) is 7.49. The number of rotatable bonds is 2. The van der Waals surface area contributed by atoms with Gasteiger partial charge in [0.2, 0.25) is 10.0 Å². The summed E-state index contributed by atoms with van der Waals surface area (Å²) in [4.78, 5) is 11.8. The van der Waals surface area contributed by atoms with Crippen molar-refractivity contribution < 1.29 is 17.9 Å². The Hall–Kier alpha value is -2.33. The monoisotopic (exact) mass is 352 g/mol. The largest absolute Gasteiger partial charge is 0.486 e. The number of benzene rings is 1. The molecule has 0 aliphatic carbocycles. The molecule has 1 aromatic carbocycles. The molecule has 0 spiro atoms. The highest BCUT2D eigenvalue weighted by Gasteiger charge is 2.29. The highest BCUT2D eigenvalue weighted by molar-refractivity contribution is 7.89. The molecule has 3 heterocycles. The van der Waals surface area contributed by atoms with E-state index < -0.39 is 10.0 Å². The van der Waals surface area contributed by atoms with E-state index in [1.54, 1.807) is 6.07 Å². The maximum Gasteiger partial charge on any atom is 0.343 e. The van der Waals surface area contributed by atoms with Crippen LogP contribution in [0.5, 0.6) is 11.5 Å². The van der Waals surface area contributed by atoms with Crippen molar-refractivity contribution in [3.05, 3.63) is 34.5 Å². The number of fused-ring (bicyclic) bond motifs is 2. The molecule has 0 saturated carbocycles. The summed E-state index contributed by atoms with van der Waals surface area (Å²) in [6, 6.07) is 4.61. The Morgan fingerprint density at radius 3 is 2.71 bits per heavy atom. The first-order chi connectivity index (χ1) is 11.6. The van der Waals surface area contributed by atoms with E-state index in [0.717, 1.165) is 0 Å². The third-order valence-electron chi connectivity index (χ3n) is 4.15. The number of sulfonamides is 1. The predicted octanol–water partition coefficient (Wildman–Crippen LogP) is -0.410. The first kappa shape index (κ1) is 15.2. The van der Waals surface area contributed by atoms with Gasteiger partial charge in [-0.3, -0.25) is 4.57 Å². The Bertz CT molecular complexity index is 933. The summed E-state index contributed by atoms with van der Waals surface area (Å²) < 4.78 is 39.5. The highest BCUT2D eigenvalue weighted by Crippen LogP contribution is 2.33. The molecule has 1 N–H and O–H groups in total. The number of hydrogen-bond donors (Lipinski definition) is 1. The van der Waals surface area contributed by atoms with Crippen LogP contribution in [-0.4, -0.2) is 53.8 Å². The maximum absolute atomic E-state index is 12.9. The van der Waals surface area contributed by atoms with E-state index in [1.807, 2.05) is 0 Å². The zero-order valence-corrected chi connectivity index (χ0v) is 13.6. The van der Waals surface area contributed by atoms with E-state index >= 15 is 0 Å². The number of aromatic amines is 1.